The lowest BCUT2D eigenvalue weighted by atomic mass is 10.5. The van der Waals surface area contributed by atoms with E-state index in [1.807, 2.05) is 28.7 Å². The Kier molecular flexibility index (Phi) is 2.29. The summed E-state index contributed by atoms with van der Waals surface area (Å²) in [5.41, 5.74) is -0.0752. The predicted octanol–water partition coefficient (Wildman–Crippen LogP) is 1.74. The second-order valence-electron chi connectivity index (χ2n) is 1.51. The Morgan fingerprint density at radius 2 is 2.22 bits per heavy atom. The van der Waals surface area contributed by atoms with Crippen molar-refractivity contribution in [3.63, 3.8) is 0 Å². The quantitative estimate of drug-likeness (QED) is 0.574. The van der Waals surface area contributed by atoms with E-state index < -0.39 is 0 Å². The number of aromatic nitrogens is 1. The van der Waals surface area contributed by atoms with Crippen molar-refractivity contribution in [1.82, 2.24) is 4.98 Å². The van der Waals surface area contributed by atoms with Gasteiger partial charge in [-0.25, -0.2) is 0 Å². The maximum Gasteiger partial charge on any atom is 0.249 e. The van der Waals surface area contributed by atoms with Crippen molar-refractivity contribution in [1.29, 1.82) is 0 Å². The Labute approximate surface area is 73.9 Å². The molecule has 0 aliphatic rings. The molecule has 2 nitrogen and oxygen atoms in total. The molecule has 9 heavy (non-hydrogen) atoms. The molecule has 0 bridgehead atoms. The molecule has 0 unspecified atom stereocenters. The Morgan fingerprint density at radius 3 is 2.67 bits per heavy atom. The second kappa shape index (κ2) is 2.83. The Balaban J connectivity index is 3.33. The fourth-order valence-corrected chi connectivity index (χ4v) is 1.94. The SMILES string of the molecule is O=c1cc(Br)cc(I)[nH]1. The maximum absolute atomic E-state index is 10.6. The van der Waals surface area contributed by atoms with Crippen molar-refractivity contribution in [3.8, 4) is 0 Å². The average molecular weight is 300 g/mol. The molecule has 0 aliphatic heterocycles. The summed E-state index contributed by atoms with van der Waals surface area (Å²) in [6.45, 7) is 0. The van der Waals surface area contributed by atoms with Gasteiger partial charge in [-0.2, -0.15) is 0 Å². The van der Waals surface area contributed by atoms with Crippen molar-refractivity contribution < 1.29 is 0 Å². The molecule has 1 aromatic heterocycles. The molecular formula is C5H3BrINO. The number of halogens is 2. The summed E-state index contributed by atoms with van der Waals surface area (Å²) in [6, 6.07) is 3.32. The van der Waals surface area contributed by atoms with Gasteiger partial charge in [-0.3, -0.25) is 4.79 Å². The molecule has 0 atom stereocenters. The van der Waals surface area contributed by atoms with E-state index in [2.05, 4.69) is 20.9 Å². The van der Waals surface area contributed by atoms with Gasteiger partial charge in [0.2, 0.25) is 5.56 Å². The summed E-state index contributed by atoms with van der Waals surface area (Å²) in [6.07, 6.45) is 0. The number of pyridine rings is 1. The molecule has 0 amide bonds. The Morgan fingerprint density at radius 1 is 1.56 bits per heavy atom. The van der Waals surface area contributed by atoms with Crippen LogP contribution in [0.2, 0.25) is 0 Å². The maximum atomic E-state index is 10.6. The van der Waals surface area contributed by atoms with Gasteiger partial charge in [0.05, 0.1) is 3.70 Å². The van der Waals surface area contributed by atoms with E-state index in [0.29, 0.717) is 0 Å². The summed E-state index contributed by atoms with van der Waals surface area (Å²) < 4.78 is 1.66. The van der Waals surface area contributed by atoms with Gasteiger partial charge in [-0.15, -0.1) is 0 Å². The molecule has 0 aliphatic carbocycles. The molecule has 1 heterocycles. The number of nitrogens with one attached hydrogen (secondary N) is 1. The van der Waals surface area contributed by atoms with Gasteiger partial charge in [0, 0.05) is 10.5 Å². The highest BCUT2D eigenvalue weighted by atomic mass is 127. The summed E-state index contributed by atoms with van der Waals surface area (Å²) in [5, 5.41) is 0. The summed E-state index contributed by atoms with van der Waals surface area (Å²) in [5.74, 6) is 0. The molecule has 1 N–H and O–H groups in total. The van der Waals surface area contributed by atoms with Crippen LogP contribution in [-0.4, -0.2) is 4.98 Å². The van der Waals surface area contributed by atoms with Gasteiger partial charge in [0.25, 0.3) is 0 Å². The Bertz CT molecular complexity index is 247. The van der Waals surface area contributed by atoms with Crippen molar-refractivity contribution in [2.75, 3.05) is 0 Å². The van der Waals surface area contributed by atoms with E-state index in [1.165, 1.54) is 6.07 Å². The van der Waals surface area contributed by atoms with Crippen LogP contribution in [0.3, 0.4) is 0 Å². The van der Waals surface area contributed by atoms with Gasteiger partial charge < -0.3 is 4.98 Å². The first-order valence-corrected chi connectivity index (χ1v) is 4.11. The lowest BCUT2D eigenvalue weighted by Crippen LogP contribution is -2.04. The zero-order valence-electron chi connectivity index (χ0n) is 4.32. The smallest absolute Gasteiger partial charge is 0.249 e. The largest absolute Gasteiger partial charge is 0.317 e. The van der Waals surface area contributed by atoms with Crippen molar-refractivity contribution in [2.45, 2.75) is 0 Å². The number of aromatic amines is 1. The van der Waals surface area contributed by atoms with Crippen LogP contribution in [0.4, 0.5) is 0 Å². The normalized spacial score (nSPS) is 9.56. The van der Waals surface area contributed by atoms with Crippen LogP contribution >= 0.6 is 38.5 Å². The Hall–Kier alpha value is 0.160. The van der Waals surface area contributed by atoms with Gasteiger partial charge in [-0.1, -0.05) is 15.9 Å². The fraction of sp³-hybridized carbons (Fsp3) is 0. The molecule has 0 saturated heterocycles. The van der Waals surface area contributed by atoms with E-state index in [9.17, 15) is 4.79 Å². The molecular weight excluding hydrogens is 297 g/mol. The topological polar surface area (TPSA) is 32.9 Å². The first-order valence-electron chi connectivity index (χ1n) is 2.24. The molecule has 0 aromatic carbocycles. The predicted molar refractivity (Wildman–Crippen MR) is 47.5 cm³/mol. The lowest BCUT2D eigenvalue weighted by Gasteiger charge is -1.88. The second-order valence-corrected chi connectivity index (χ2v) is 3.59. The summed E-state index contributed by atoms with van der Waals surface area (Å²) in [4.78, 5) is 13.2. The third-order valence-electron chi connectivity index (χ3n) is 0.776. The highest BCUT2D eigenvalue weighted by Gasteiger charge is 1.89. The molecule has 0 fully saturated rings. The van der Waals surface area contributed by atoms with Gasteiger partial charge in [-0.05, 0) is 28.7 Å². The van der Waals surface area contributed by atoms with Gasteiger partial charge in [0.1, 0.15) is 0 Å². The molecule has 0 radical (unpaired) electrons. The number of hydrogen-bond acceptors (Lipinski definition) is 1. The van der Waals surface area contributed by atoms with Crippen molar-refractivity contribution in [3.05, 3.63) is 30.7 Å². The van der Waals surface area contributed by atoms with Crippen LogP contribution in [0.15, 0.2) is 21.4 Å². The number of H-pyrrole nitrogens is 1. The minimum atomic E-state index is -0.0752. The lowest BCUT2D eigenvalue weighted by molar-refractivity contribution is 1.18. The van der Waals surface area contributed by atoms with Crippen molar-refractivity contribution in [2.24, 2.45) is 0 Å². The van der Waals surface area contributed by atoms with Gasteiger partial charge >= 0.3 is 0 Å². The first-order chi connectivity index (χ1) is 4.18. The molecule has 1 aromatic rings. The van der Waals surface area contributed by atoms with E-state index in [1.54, 1.807) is 0 Å². The minimum Gasteiger partial charge on any atom is -0.317 e. The van der Waals surface area contributed by atoms with E-state index in [4.69, 9.17) is 0 Å². The summed E-state index contributed by atoms with van der Waals surface area (Å²) >= 11 is 5.23. The molecule has 0 spiro atoms. The molecule has 1 rings (SSSR count). The van der Waals surface area contributed by atoms with Crippen LogP contribution in [0.5, 0.6) is 0 Å². The zero-order valence-corrected chi connectivity index (χ0v) is 8.06. The third-order valence-corrected chi connectivity index (χ3v) is 1.82. The van der Waals surface area contributed by atoms with Crippen molar-refractivity contribution >= 4 is 38.5 Å². The van der Waals surface area contributed by atoms with Gasteiger partial charge in [0.15, 0.2) is 0 Å². The van der Waals surface area contributed by atoms with Crippen LogP contribution in [0.25, 0.3) is 0 Å². The standard InChI is InChI=1S/C5H3BrINO/c6-3-1-4(7)8-5(9)2-3/h1-2H,(H,8,9). The fourth-order valence-electron chi connectivity index (χ4n) is 0.478. The third kappa shape index (κ3) is 2.09. The van der Waals surface area contributed by atoms with E-state index in [-0.39, 0.29) is 5.56 Å². The minimum absolute atomic E-state index is 0.0752. The van der Waals surface area contributed by atoms with Crippen LogP contribution in [0.1, 0.15) is 0 Å². The number of rotatable bonds is 0. The molecule has 4 heteroatoms. The van der Waals surface area contributed by atoms with Crippen LogP contribution < -0.4 is 5.56 Å². The zero-order chi connectivity index (χ0) is 6.85. The number of hydrogen-bond donors (Lipinski definition) is 1. The van der Waals surface area contributed by atoms with Crippen LogP contribution in [-0.2, 0) is 0 Å². The summed E-state index contributed by atoms with van der Waals surface area (Å²) in [7, 11) is 0. The molecule has 48 valence electrons. The molecule has 0 saturated carbocycles. The van der Waals surface area contributed by atoms with Crippen LogP contribution in [0, 0.1) is 3.70 Å². The van der Waals surface area contributed by atoms with E-state index in [0.717, 1.165) is 8.17 Å². The first kappa shape index (κ1) is 7.27. The average Bonchev–Trinajstić information content (AvgIpc) is 1.59. The van der Waals surface area contributed by atoms with E-state index >= 15 is 0 Å². The monoisotopic (exact) mass is 299 g/mol. The highest BCUT2D eigenvalue weighted by Crippen LogP contribution is 2.07. The highest BCUT2D eigenvalue weighted by molar-refractivity contribution is 14.1.